The minimum absolute atomic E-state index is 0.0438. The van der Waals surface area contributed by atoms with Crippen molar-refractivity contribution in [2.75, 3.05) is 24.2 Å². The van der Waals surface area contributed by atoms with Gasteiger partial charge in [0.25, 0.3) is 0 Å². The molecule has 20 heavy (non-hydrogen) atoms. The fourth-order valence-corrected chi connectivity index (χ4v) is 2.06. The summed E-state index contributed by atoms with van der Waals surface area (Å²) < 4.78 is 5.57. The molecule has 0 spiro atoms. The highest BCUT2D eigenvalue weighted by Crippen LogP contribution is 2.22. The predicted molar refractivity (Wildman–Crippen MR) is 83.0 cm³/mol. The maximum atomic E-state index is 9.06. The molecule has 0 aliphatic carbocycles. The minimum atomic E-state index is 0.0438. The van der Waals surface area contributed by atoms with E-state index in [2.05, 4.69) is 17.2 Å². The molecule has 4 N–H and O–H groups in total. The average molecular weight is 281 g/mol. The Hall–Kier alpha value is -1.49. The quantitative estimate of drug-likeness (QED) is 0.648. The summed E-state index contributed by atoms with van der Waals surface area (Å²) in [7, 11) is 0. The predicted octanol–water partition coefficient (Wildman–Crippen LogP) is 2.66. The van der Waals surface area contributed by atoms with Gasteiger partial charge in [0, 0.05) is 13.2 Å². The Morgan fingerprint density at radius 2 is 2.10 bits per heavy atom. The van der Waals surface area contributed by atoms with Gasteiger partial charge in [-0.25, -0.2) is 0 Å². The Morgan fingerprint density at radius 1 is 1.35 bits per heavy atom. The molecule has 1 aromatic rings. The number of anilines is 2. The van der Waals surface area contributed by atoms with Crippen LogP contribution in [0.4, 0.5) is 11.5 Å². The molecule has 0 radical (unpaired) electrons. The molecule has 1 aromatic heterocycles. The summed E-state index contributed by atoms with van der Waals surface area (Å²) in [5.74, 6) is 1.69. The van der Waals surface area contributed by atoms with Crippen molar-refractivity contribution >= 4 is 11.5 Å². The maximum Gasteiger partial charge on any atom is 0.239 e. The molecule has 5 heteroatoms. The lowest BCUT2D eigenvalue weighted by atomic mass is 10.0. The molecule has 0 aliphatic heterocycles. The number of hydrogen-bond acceptors (Lipinski definition) is 5. The van der Waals surface area contributed by atoms with Crippen LogP contribution < -0.4 is 15.8 Å². The molecular formula is C15H27N3O2. The van der Waals surface area contributed by atoms with Crippen molar-refractivity contribution in [1.29, 1.82) is 0 Å². The zero-order valence-electron chi connectivity index (χ0n) is 12.7. The molecule has 0 bridgehead atoms. The van der Waals surface area contributed by atoms with Gasteiger partial charge in [-0.3, -0.25) is 0 Å². The van der Waals surface area contributed by atoms with Gasteiger partial charge in [-0.05, 0) is 44.7 Å². The summed E-state index contributed by atoms with van der Waals surface area (Å²) in [6.07, 6.45) is 3.06. The standard InChI is InChI=1S/C15H27N3O2/c1-4-5-12(8-9-19)10-17-14-7-6-13(16)15(18-14)20-11(2)3/h6-7,11-12,19H,4-5,8-10,16H2,1-3H3,(H,17,18). The van der Waals surface area contributed by atoms with Crippen LogP contribution in [0.1, 0.15) is 40.0 Å². The zero-order chi connectivity index (χ0) is 15.0. The molecule has 0 saturated heterocycles. The Bertz CT molecular complexity index is 391. The fraction of sp³-hybridized carbons (Fsp3) is 0.667. The molecule has 1 rings (SSSR count). The van der Waals surface area contributed by atoms with E-state index in [1.807, 2.05) is 19.9 Å². The van der Waals surface area contributed by atoms with Gasteiger partial charge < -0.3 is 20.9 Å². The van der Waals surface area contributed by atoms with E-state index in [1.54, 1.807) is 6.07 Å². The first-order valence-corrected chi connectivity index (χ1v) is 7.34. The molecule has 1 unspecified atom stereocenters. The largest absolute Gasteiger partial charge is 0.473 e. The lowest BCUT2D eigenvalue weighted by Gasteiger charge is -2.17. The van der Waals surface area contributed by atoms with E-state index in [1.165, 1.54) is 0 Å². The molecule has 0 amide bonds. The molecule has 0 fully saturated rings. The molecule has 114 valence electrons. The van der Waals surface area contributed by atoms with E-state index >= 15 is 0 Å². The van der Waals surface area contributed by atoms with Crippen molar-refractivity contribution in [3.05, 3.63) is 12.1 Å². The SMILES string of the molecule is CCCC(CCO)CNc1ccc(N)c(OC(C)C)n1. The average Bonchev–Trinajstić information content (AvgIpc) is 2.39. The second-order valence-electron chi connectivity index (χ2n) is 5.31. The van der Waals surface area contributed by atoms with Gasteiger partial charge >= 0.3 is 0 Å². The third-order valence-electron chi connectivity index (χ3n) is 3.04. The number of hydrogen-bond donors (Lipinski definition) is 3. The zero-order valence-corrected chi connectivity index (χ0v) is 12.7. The number of nitrogen functional groups attached to an aromatic ring is 1. The lowest BCUT2D eigenvalue weighted by Crippen LogP contribution is -2.17. The number of aliphatic hydroxyl groups is 1. The second kappa shape index (κ2) is 8.64. The van der Waals surface area contributed by atoms with Gasteiger partial charge in [0.15, 0.2) is 0 Å². The highest BCUT2D eigenvalue weighted by molar-refractivity contribution is 5.53. The number of pyridine rings is 1. The summed E-state index contributed by atoms with van der Waals surface area (Å²) in [5, 5.41) is 12.4. The monoisotopic (exact) mass is 281 g/mol. The van der Waals surface area contributed by atoms with Crippen molar-refractivity contribution < 1.29 is 9.84 Å². The third kappa shape index (κ3) is 5.65. The molecule has 1 atom stereocenters. The van der Waals surface area contributed by atoms with Gasteiger partial charge in [0.2, 0.25) is 5.88 Å². The number of rotatable bonds is 9. The van der Waals surface area contributed by atoms with Gasteiger partial charge in [0.05, 0.1) is 11.8 Å². The number of nitrogens with zero attached hydrogens (tertiary/aromatic N) is 1. The van der Waals surface area contributed by atoms with Crippen LogP contribution in [0.5, 0.6) is 5.88 Å². The molecule has 0 aromatic carbocycles. The summed E-state index contributed by atoms with van der Waals surface area (Å²) in [6.45, 7) is 7.07. The molecule has 0 aliphatic rings. The molecule has 1 heterocycles. The van der Waals surface area contributed by atoms with Gasteiger partial charge in [0.1, 0.15) is 5.82 Å². The Labute approximate surface area is 121 Å². The maximum absolute atomic E-state index is 9.06. The van der Waals surface area contributed by atoms with Crippen molar-refractivity contribution in [3.8, 4) is 5.88 Å². The van der Waals surface area contributed by atoms with Crippen molar-refractivity contribution in [2.45, 2.75) is 46.1 Å². The summed E-state index contributed by atoms with van der Waals surface area (Å²) in [5.41, 5.74) is 6.39. The molecule has 0 saturated carbocycles. The molecular weight excluding hydrogens is 254 g/mol. The highest BCUT2D eigenvalue weighted by Gasteiger charge is 2.09. The van der Waals surface area contributed by atoms with E-state index in [-0.39, 0.29) is 12.7 Å². The highest BCUT2D eigenvalue weighted by atomic mass is 16.5. The van der Waals surface area contributed by atoms with E-state index in [9.17, 15) is 0 Å². The minimum Gasteiger partial charge on any atom is -0.473 e. The normalized spacial score (nSPS) is 12.4. The van der Waals surface area contributed by atoms with Crippen LogP contribution in [0.3, 0.4) is 0 Å². The first-order chi connectivity index (χ1) is 9.56. The van der Waals surface area contributed by atoms with Gasteiger partial charge in [-0.1, -0.05) is 13.3 Å². The Kier molecular flexibility index (Phi) is 7.15. The van der Waals surface area contributed by atoms with Crippen molar-refractivity contribution in [2.24, 2.45) is 5.92 Å². The third-order valence-corrected chi connectivity index (χ3v) is 3.04. The summed E-state index contributed by atoms with van der Waals surface area (Å²) in [4.78, 5) is 4.38. The smallest absolute Gasteiger partial charge is 0.239 e. The number of nitrogens with one attached hydrogen (secondary N) is 1. The van der Waals surface area contributed by atoms with Crippen LogP contribution in [-0.4, -0.2) is 29.3 Å². The van der Waals surface area contributed by atoms with Crippen LogP contribution in [0.25, 0.3) is 0 Å². The van der Waals surface area contributed by atoms with Crippen LogP contribution in [-0.2, 0) is 0 Å². The number of nitrogens with two attached hydrogens (primary N) is 1. The topological polar surface area (TPSA) is 80.4 Å². The summed E-state index contributed by atoms with van der Waals surface area (Å²) in [6, 6.07) is 3.65. The lowest BCUT2D eigenvalue weighted by molar-refractivity contribution is 0.234. The van der Waals surface area contributed by atoms with E-state index in [0.29, 0.717) is 17.5 Å². The van der Waals surface area contributed by atoms with Gasteiger partial charge in [-0.2, -0.15) is 4.98 Å². The van der Waals surface area contributed by atoms with Crippen LogP contribution in [0.2, 0.25) is 0 Å². The summed E-state index contributed by atoms with van der Waals surface area (Å²) >= 11 is 0. The first-order valence-electron chi connectivity index (χ1n) is 7.34. The van der Waals surface area contributed by atoms with Gasteiger partial charge in [-0.15, -0.1) is 0 Å². The van der Waals surface area contributed by atoms with Crippen molar-refractivity contribution in [1.82, 2.24) is 4.98 Å². The van der Waals surface area contributed by atoms with Crippen LogP contribution in [0.15, 0.2) is 12.1 Å². The van der Waals surface area contributed by atoms with E-state index in [4.69, 9.17) is 15.6 Å². The van der Waals surface area contributed by atoms with Crippen LogP contribution in [0, 0.1) is 5.92 Å². The van der Waals surface area contributed by atoms with Crippen LogP contribution >= 0.6 is 0 Å². The number of aliphatic hydroxyl groups excluding tert-OH is 1. The molecule has 5 nitrogen and oxygen atoms in total. The first kappa shape index (κ1) is 16.6. The Morgan fingerprint density at radius 3 is 2.70 bits per heavy atom. The van der Waals surface area contributed by atoms with Crippen molar-refractivity contribution in [3.63, 3.8) is 0 Å². The number of ether oxygens (including phenoxy) is 1. The Balaban J connectivity index is 2.62. The number of aromatic nitrogens is 1. The van der Waals surface area contributed by atoms with E-state index in [0.717, 1.165) is 31.6 Å². The second-order valence-corrected chi connectivity index (χ2v) is 5.31. The van der Waals surface area contributed by atoms with E-state index < -0.39 is 0 Å². The fourth-order valence-electron chi connectivity index (χ4n) is 2.06.